The first-order chi connectivity index (χ1) is 13.3. The molecule has 0 aliphatic heterocycles. The van der Waals surface area contributed by atoms with Crippen LogP contribution in [0, 0.1) is 0 Å². The molecule has 5 heteroatoms. The number of carbonyl (C=O) groups excluding carboxylic acids is 1. The summed E-state index contributed by atoms with van der Waals surface area (Å²) in [4.78, 5) is 12.8. The molecule has 0 spiro atoms. The Balaban J connectivity index is 3.13. The summed E-state index contributed by atoms with van der Waals surface area (Å²) in [7, 11) is 1.27. The van der Waals surface area contributed by atoms with Crippen molar-refractivity contribution in [2.75, 3.05) is 7.11 Å². The summed E-state index contributed by atoms with van der Waals surface area (Å²) in [6.07, 6.45) is -2.03. The molecule has 0 aromatic heterocycles. The number of methoxy groups -OCH3 is 1. The molecule has 0 N–H and O–H groups in total. The van der Waals surface area contributed by atoms with Crippen LogP contribution in [0.5, 0.6) is 0 Å². The zero-order valence-corrected chi connectivity index (χ0v) is 17.1. The molecule has 0 fully saturated rings. The highest BCUT2D eigenvalue weighted by atomic mass is 19.4. The molecule has 2 aromatic rings. The predicted octanol–water partition coefficient (Wildman–Crippen LogP) is 6.41. The molecule has 0 aliphatic carbocycles. The van der Waals surface area contributed by atoms with E-state index in [-0.39, 0.29) is 11.1 Å². The van der Waals surface area contributed by atoms with Gasteiger partial charge in [-0.3, -0.25) is 0 Å². The number of carbonyl (C=O) groups is 1. The van der Waals surface area contributed by atoms with Crippen molar-refractivity contribution in [1.29, 1.82) is 0 Å². The van der Waals surface area contributed by atoms with Gasteiger partial charge in [-0.1, -0.05) is 45.9 Å². The zero-order chi connectivity index (χ0) is 21.1. The predicted molar refractivity (Wildman–Crippen MR) is 106 cm³/mol. The highest BCUT2D eigenvalue weighted by molar-refractivity contribution is 6.01. The Morgan fingerprint density at radius 1 is 0.857 bits per heavy atom. The molecular formula is C23H27F3O2. The molecular weight excluding hydrogens is 365 g/mol. The molecule has 0 atom stereocenters. The van der Waals surface area contributed by atoms with E-state index < -0.39 is 17.7 Å². The van der Waals surface area contributed by atoms with Crippen molar-refractivity contribution in [1.82, 2.24) is 0 Å². The van der Waals surface area contributed by atoms with Gasteiger partial charge in [0.05, 0.1) is 18.2 Å². The third kappa shape index (κ3) is 3.80. The lowest BCUT2D eigenvalue weighted by atomic mass is 9.79. The summed E-state index contributed by atoms with van der Waals surface area (Å²) < 4.78 is 46.4. The smallest absolute Gasteiger partial charge is 0.417 e. The van der Waals surface area contributed by atoms with Gasteiger partial charge in [0.25, 0.3) is 0 Å². The molecule has 0 saturated heterocycles. The van der Waals surface area contributed by atoms with Crippen LogP contribution in [-0.4, -0.2) is 13.1 Å². The lowest BCUT2D eigenvalue weighted by Crippen LogP contribution is -2.17. The van der Waals surface area contributed by atoms with Crippen molar-refractivity contribution in [2.45, 2.75) is 59.6 Å². The van der Waals surface area contributed by atoms with Gasteiger partial charge in [0.15, 0.2) is 0 Å². The molecule has 28 heavy (non-hydrogen) atoms. The van der Waals surface area contributed by atoms with Crippen LogP contribution in [0.3, 0.4) is 0 Å². The fourth-order valence-electron chi connectivity index (χ4n) is 4.17. The fourth-order valence-corrected chi connectivity index (χ4v) is 4.17. The van der Waals surface area contributed by atoms with Crippen molar-refractivity contribution < 1.29 is 22.7 Å². The molecule has 0 aliphatic rings. The maximum absolute atomic E-state index is 13.8. The first-order valence-corrected chi connectivity index (χ1v) is 9.70. The quantitative estimate of drug-likeness (QED) is 0.531. The number of hydrogen-bond acceptors (Lipinski definition) is 2. The standard InChI is InChI=1S/C23H27F3O2/c1-6-14-15(7-2)17(9-4)21(22(27)28-5)20(16(14)8-3)18-12-10-11-13-19(18)23(24,25)26/h10-13H,6-9H2,1-5H3. The Morgan fingerprint density at radius 3 is 1.82 bits per heavy atom. The normalized spacial score (nSPS) is 11.6. The van der Waals surface area contributed by atoms with Crippen LogP contribution in [0.2, 0.25) is 0 Å². The van der Waals surface area contributed by atoms with Gasteiger partial charge in [-0.15, -0.1) is 0 Å². The third-order valence-corrected chi connectivity index (χ3v) is 5.25. The van der Waals surface area contributed by atoms with Gasteiger partial charge >= 0.3 is 12.1 Å². The summed E-state index contributed by atoms with van der Waals surface area (Å²) in [6, 6.07) is 5.47. The van der Waals surface area contributed by atoms with E-state index in [1.807, 2.05) is 27.7 Å². The van der Waals surface area contributed by atoms with E-state index in [1.54, 1.807) is 6.07 Å². The zero-order valence-electron chi connectivity index (χ0n) is 17.1. The van der Waals surface area contributed by atoms with E-state index in [4.69, 9.17) is 4.74 Å². The summed E-state index contributed by atoms with van der Waals surface area (Å²) in [5.74, 6) is -0.587. The Hall–Kier alpha value is -2.30. The molecule has 0 unspecified atom stereocenters. The Bertz CT molecular complexity index is 867. The first kappa shape index (κ1) is 22.0. The number of hydrogen-bond donors (Lipinski definition) is 0. The molecule has 2 aromatic carbocycles. The second-order valence-corrected chi connectivity index (χ2v) is 6.61. The lowest BCUT2D eigenvalue weighted by molar-refractivity contribution is -0.137. The number of halogens is 3. The molecule has 0 amide bonds. The van der Waals surface area contributed by atoms with Gasteiger partial charge in [0.2, 0.25) is 0 Å². The largest absolute Gasteiger partial charge is 0.465 e. The summed E-state index contributed by atoms with van der Waals surface area (Å²) in [5.41, 5.74) is 3.63. The molecule has 0 saturated carbocycles. The van der Waals surface area contributed by atoms with Crippen molar-refractivity contribution >= 4 is 5.97 Å². The van der Waals surface area contributed by atoms with Gasteiger partial charge in [-0.25, -0.2) is 4.79 Å². The number of ether oxygens (including phenoxy) is 1. The van der Waals surface area contributed by atoms with Crippen molar-refractivity contribution in [2.24, 2.45) is 0 Å². The average Bonchev–Trinajstić information content (AvgIpc) is 2.69. The third-order valence-electron chi connectivity index (χ3n) is 5.25. The number of benzene rings is 2. The van der Waals surface area contributed by atoms with Crippen LogP contribution in [0.4, 0.5) is 13.2 Å². The van der Waals surface area contributed by atoms with Crippen molar-refractivity contribution in [3.8, 4) is 11.1 Å². The molecule has 152 valence electrons. The first-order valence-electron chi connectivity index (χ1n) is 9.70. The molecule has 2 nitrogen and oxygen atoms in total. The SMILES string of the molecule is CCc1c(CC)c(CC)c(-c2ccccc2C(F)(F)F)c(C(=O)OC)c1CC. The summed E-state index contributed by atoms with van der Waals surface area (Å²) in [6.45, 7) is 7.85. The van der Waals surface area contributed by atoms with E-state index in [1.165, 1.54) is 19.2 Å². The lowest BCUT2D eigenvalue weighted by Gasteiger charge is -2.26. The van der Waals surface area contributed by atoms with E-state index >= 15 is 0 Å². The molecule has 2 rings (SSSR count). The van der Waals surface area contributed by atoms with Gasteiger partial charge < -0.3 is 4.74 Å². The topological polar surface area (TPSA) is 26.3 Å². The second kappa shape index (κ2) is 8.80. The Labute approximate surface area is 164 Å². The highest BCUT2D eigenvalue weighted by Crippen LogP contribution is 2.43. The van der Waals surface area contributed by atoms with Crippen LogP contribution in [-0.2, 0) is 36.6 Å². The van der Waals surface area contributed by atoms with Gasteiger partial charge in [0.1, 0.15) is 0 Å². The molecule has 0 bridgehead atoms. The van der Waals surface area contributed by atoms with Crippen LogP contribution < -0.4 is 0 Å². The maximum Gasteiger partial charge on any atom is 0.417 e. The monoisotopic (exact) mass is 392 g/mol. The summed E-state index contributed by atoms with van der Waals surface area (Å²) in [5, 5.41) is 0. The van der Waals surface area contributed by atoms with Crippen LogP contribution in [0.15, 0.2) is 24.3 Å². The maximum atomic E-state index is 13.8. The van der Waals surface area contributed by atoms with Gasteiger partial charge in [0, 0.05) is 5.56 Å². The Kier molecular flexibility index (Phi) is 6.91. The van der Waals surface area contributed by atoms with Gasteiger partial charge in [-0.2, -0.15) is 13.2 Å². The molecule has 0 radical (unpaired) electrons. The minimum absolute atomic E-state index is 0.0410. The van der Waals surface area contributed by atoms with E-state index in [9.17, 15) is 18.0 Å². The van der Waals surface area contributed by atoms with Crippen molar-refractivity contribution in [3.05, 3.63) is 57.6 Å². The minimum Gasteiger partial charge on any atom is -0.465 e. The van der Waals surface area contributed by atoms with Crippen molar-refractivity contribution in [3.63, 3.8) is 0 Å². The minimum atomic E-state index is -4.52. The van der Waals surface area contributed by atoms with Crippen LogP contribution in [0.1, 0.15) is 65.9 Å². The molecule has 0 heterocycles. The Morgan fingerprint density at radius 2 is 1.36 bits per heavy atom. The van der Waals surface area contributed by atoms with E-state index in [2.05, 4.69) is 0 Å². The summed E-state index contributed by atoms with van der Waals surface area (Å²) >= 11 is 0. The number of esters is 1. The fraction of sp³-hybridized carbons (Fsp3) is 0.435. The number of alkyl halides is 3. The van der Waals surface area contributed by atoms with Gasteiger partial charge in [-0.05, 0) is 59.6 Å². The average molecular weight is 392 g/mol. The highest BCUT2D eigenvalue weighted by Gasteiger charge is 2.36. The van der Waals surface area contributed by atoms with E-state index in [0.717, 1.165) is 28.3 Å². The van der Waals surface area contributed by atoms with Crippen LogP contribution in [0.25, 0.3) is 11.1 Å². The van der Waals surface area contributed by atoms with Crippen LogP contribution >= 0.6 is 0 Å². The number of rotatable bonds is 6. The van der Waals surface area contributed by atoms with E-state index in [0.29, 0.717) is 31.2 Å². The second-order valence-electron chi connectivity index (χ2n) is 6.61.